The van der Waals surface area contributed by atoms with Gasteiger partial charge in [0.25, 0.3) is 5.91 Å². The fraction of sp³-hybridized carbons (Fsp3) is 0.632. The Morgan fingerprint density at radius 2 is 1.50 bits per heavy atom. The number of hydrogen-bond acceptors (Lipinski definition) is 4. The van der Waals surface area contributed by atoms with Crippen LogP contribution in [0.5, 0.6) is 11.5 Å². The molecule has 2 aliphatic rings. The normalized spacial score (nSPS) is 20.0. The highest BCUT2D eigenvalue weighted by molar-refractivity contribution is 5.95. The minimum atomic E-state index is 0.0653. The molecule has 0 bridgehead atoms. The number of carbonyl (C=O) groups excluding carboxylic acids is 1. The van der Waals surface area contributed by atoms with Gasteiger partial charge in [0, 0.05) is 43.9 Å². The molecule has 0 aromatic heterocycles. The molecule has 1 aromatic rings. The molecule has 1 aliphatic heterocycles. The topological polar surface area (TPSA) is 42.0 Å². The maximum absolute atomic E-state index is 12.8. The molecule has 0 spiro atoms. The number of amides is 1. The zero-order valence-corrected chi connectivity index (χ0v) is 14.8. The van der Waals surface area contributed by atoms with Crippen molar-refractivity contribution in [1.82, 2.24) is 9.80 Å². The van der Waals surface area contributed by atoms with Gasteiger partial charge in [0.1, 0.15) is 11.5 Å². The highest BCUT2D eigenvalue weighted by atomic mass is 16.5. The first-order valence-corrected chi connectivity index (χ1v) is 8.97. The Balaban J connectivity index is 1.62. The highest BCUT2D eigenvalue weighted by Gasteiger charge is 2.27. The summed E-state index contributed by atoms with van der Waals surface area (Å²) in [5.41, 5.74) is 0.636. The predicted octanol–water partition coefficient (Wildman–Crippen LogP) is 2.79. The van der Waals surface area contributed by atoms with E-state index in [4.69, 9.17) is 9.47 Å². The van der Waals surface area contributed by atoms with Crippen LogP contribution in [0.25, 0.3) is 0 Å². The first kappa shape index (κ1) is 17.1. The van der Waals surface area contributed by atoms with Gasteiger partial charge >= 0.3 is 0 Å². The van der Waals surface area contributed by atoms with Crippen molar-refractivity contribution < 1.29 is 14.3 Å². The van der Waals surface area contributed by atoms with Gasteiger partial charge in [-0.25, -0.2) is 0 Å². The number of piperazine rings is 1. The molecule has 24 heavy (non-hydrogen) atoms. The van der Waals surface area contributed by atoms with Crippen LogP contribution in [0.4, 0.5) is 0 Å². The quantitative estimate of drug-likeness (QED) is 0.850. The number of hydrogen-bond donors (Lipinski definition) is 0. The van der Waals surface area contributed by atoms with Crippen molar-refractivity contribution in [2.45, 2.75) is 38.1 Å². The van der Waals surface area contributed by atoms with Gasteiger partial charge in [0.05, 0.1) is 14.2 Å². The Morgan fingerprint density at radius 1 is 0.917 bits per heavy atom. The maximum atomic E-state index is 12.8. The monoisotopic (exact) mass is 332 g/mol. The van der Waals surface area contributed by atoms with Crippen LogP contribution in [-0.4, -0.2) is 62.1 Å². The van der Waals surface area contributed by atoms with Crippen LogP contribution in [0.1, 0.15) is 42.5 Å². The van der Waals surface area contributed by atoms with Crippen LogP contribution < -0.4 is 9.47 Å². The fourth-order valence-corrected chi connectivity index (χ4v) is 3.85. The van der Waals surface area contributed by atoms with E-state index in [0.717, 1.165) is 32.2 Å². The van der Waals surface area contributed by atoms with Gasteiger partial charge in [-0.05, 0) is 25.0 Å². The summed E-state index contributed by atoms with van der Waals surface area (Å²) in [6.45, 7) is 3.57. The van der Waals surface area contributed by atoms with E-state index in [0.29, 0.717) is 17.1 Å². The van der Waals surface area contributed by atoms with Gasteiger partial charge in [-0.15, -0.1) is 0 Å². The molecule has 1 saturated carbocycles. The van der Waals surface area contributed by atoms with Crippen molar-refractivity contribution in [3.8, 4) is 11.5 Å². The summed E-state index contributed by atoms with van der Waals surface area (Å²) in [7, 11) is 3.21. The van der Waals surface area contributed by atoms with E-state index in [-0.39, 0.29) is 5.91 Å². The van der Waals surface area contributed by atoms with Crippen LogP contribution in [0.2, 0.25) is 0 Å². The van der Waals surface area contributed by atoms with Gasteiger partial charge in [0.15, 0.2) is 0 Å². The van der Waals surface area contributed by atoms with Gasteiger partial charge in [-0.2, -0.15) is 0 Å². The van der Waals surface area contributed by atoms with Crippen LogP contribution in [0.3, 0.4) is 0 Å². The third-order valence-electron chi connectivity index (χ3n) is 5.29. The second kappa shape index (κ2) is 7.88. The lowest BCUT2D eigenvalue weighted by Crippen LogP contribution is -2.52. The first-order chi connectivity index (χ1) is 11.7. The molecule has 0 atom stereocenters. The van der Waals surface area contributed by atoms with E-state index < -0.39 is 0 Å². The molecular weight excluding hydrogens is 304 g/mol. The maximum Gasteiger partial charge on any atom is 0.254 e. The third-order valence-corrected chi connectivity index (χ3v) is 5.29. The molecule has 0 radical (unpaired) electrons. The summed E-state index contributed by atoms with van der Waals surface area (Å²) in [6.07, 6.45) is 6.73. The van der Waals surface area contributed by atoms with Crippen molar-refractivity contribution in [3.05, 3.63) is 23.8 Å². The molecule has 0 unspecified atom stereocenters. The summed E-state index contributed by atoms with van der Waals surface area (Å²) < 4.78 is 10.5. The molecule has 5 nitrogen and oxygen atoms in total. The lowest BCUT2D eigenvalue weighted by molar-refractivity contribution is 0.0522. The number of methoxy groups -OCH3 is 2. The van der Waals surface area contributed by atoms with Gasteiger partial charge in [0.2, 0.25) is 0 Å². The van der Waals surface area contributed by atoms with Gasteiger partial charge in [-0.3, -0.25) is 9.69 Å². The Labute approximate surface area is 144 Å². The Morgan fingerprint density at radius 3 is 2.04 bits per heavy atom. The summed E-state index contributed by atoms with van der Waals surface area (Å²) in [4.78, 5) is 17.3. The average molecular weight is 332 g/mol. The van der Waals surface area contributed by atoms with Gasteiger partial charge < -0.3 is 14.4 Å². The Kier molecular flexibility index (Phi) is 5.61. The second-order valence-corrected chi connectivity index (χ2v) is 6.72. The number of rotatable bonds is 4. The van der Waals surface area contributed by atoms with Gasteiger partial charge in [-0.1, -0.05) is 19.3 Å². The second-order valence-electron chi connectivity index (χ2n) is 6.72. The first-order valence-electron chi connectivity index (χ1n) is 8.97. The zero-order valence-electron chi connectivity index (χ0n) is 14.8. The summed E-state index contributed by atoms with van der Waals surface area (Å²) >= 11 is 0. The number of ether oxygens (including phenoxy) is 2. The lowest BCUT2D eigenvalue weighted by atomic mass is 9.94. The number of carbonyl (C=O) groups is 1. The van der Waals surface area contributed by atoms with E-state index >= 15 is 0 Å². The largest absolute Gasteiger partial charge is 0.497 e. The summed E-state index contributed by atoms with van der Waals surface area (Å²) in [5, 5.41) is 0. The summed E-state index contributed by atoms with van der Waals surface area (Å²) in [6, 6.07) is 6.10. The van der Waals surface area contributed by atoms with E-state index in [9.17, 15) is 4.79 Å². The minimum Gasteiger partial charge on any atom is -0.497 e. The molecule has 0 N–H and O–H groups in total. The Hall–Kier alpha value is -1.75. The van der Waals surface area contributed by atoms with Crippen molar-refractivity contribution >= 4 is 5.91 Å². The van der Waals surface area contributed by atoms with Crippen molar-refractivity contribution in [2.75, 3.05) is 40.4 Å². The molecule has 1 aliphatic carbocycles. The molecule has 2 fully saturated rings. The predicted molar refractivity (Wildman–Crippen MR) is 93.9 cm³/mol. The number of nitrogens with zero attached hydrogens (tertiary/aromatic N) is 2. The third kappa shape index (κ3) is 3.83. The SMILES string of the molecule is COc1cc(OC)cc(C(=O)N2CCN(C3CCCCC3)CC2)c1. The molecule has 132 valence electrons. The molecule has 1 amide bonds. The van der Waals surface area contributed by atoms with Crippen molar-refractivity contribution in [3.63, 3.8) is 0 Å². The zero-order chi connectivity index (χ0) is 16.9. The smallest absolute Gasteiger partial charge is 0.254 e. The van der Waals surface area contributed by atoms with Crippen molar-refractivity contribution in [2.24, 2.45) is 0 Å². The molecular formula is C19H28N2O3. The molecule has 5 heteroatoms. The molecule has 1 aromatic carbocycles. The minimum absolute atomic E-state index is 0.0653. The van der Waals surface area contributed by atoms with Crippen LogP contribution in [-0.2, 0) is 0 Å². The van der Waals surface area contributed by atoms with E-state index in [1.807, 2.05) is 4.90 Å². The highest BCUT2D eigenvalue weighted by Crippen LogP contribution is 2.26. The van der Waals surface area contributed by atoms with E-state index in [2.05, 4.69) is 4.90 Å². The van der Waals surface area contributed by atoms with Crippen LogP contribution in [0, 0.1) is 0 Å². The molecule has 1 heterocycles. The average Bonchev–Trinajstić information content (AvgIpc) is 2.67. The van der Waals surface area contributed by atoms with E-state index in [1.54, 1.807) is 32.4 Å². The molecule has 1 saturated heterocycles. The van der Waals surface area contributed by atoms with E-state index in [1.165, 1.54) is 32.1 Å². The lowest BCUT2D eigenvalue weighted by Gasteiger charge is -2.40. The number of benzene rings is 1. The standard InChI is InChI=1S/C19H28N2O3/c1-23-17-12-15(13-18(14-17)24-2)19(22)21-10-8-20(9-11-21)16-6-4-3-5-7-16/h12-14,16H,3-11H2,1-2H3. The molecule has 3 rings (SSSR count). The van der Waals surface area contributed by atoms with Crippen LogP contribution in [0.15, 0.2) is 18.2 Å². The fourth-order valence-electron chi connectivity index (χ4n) is 3.85. The van der Waals surface area contributed by atoms with Crippen LogP contribution >= 0.6 is 0 Å². The van der Waals surface area contributed by atoms with Crippen molar-refractivity contribution in [1.29, 1.82) is 0 Å². The Bertz CT molecular complexity index is 539. The summed E-state index contributed by atoms with van der Waals surface area (Å²) in [5.74, 6) is 1.37.